The van der Waals surface area contributed by atoms with Crippen molar-refractivity contribution in [1.82, 2.24) is 16.0 Å². The molecule has 6 heteroatoms. The second kappa shape index (κ2) is 36.2. The summed E-state index contributed by atoms with van der Waals surface area (Å²) in [5.74, 6) is -2.69. The number of hydrogen-bond acceptors (Lipinski definition) is 3. The van der Waals surface area contributed by atoms with E-state index >= 15 is 0 Å². The van der Waals surface area contributed by atoms with Gasteiger partial charge in [0.2, 0.25) is 17.7 Å². The first-order valence-corrected chi connectivity index (χ1v) is 20.4. The monoisotopic (exact) mass is 650 g/mol. The lowest BCUT2D eigenvalue weighted by Gasteiger charge is -2.17. The van der Waals surface area contributed by atoms with E-state index in [1.54, 1.807) is 0 Å². The Hall–Kier alpha value is -1.59. The molecule has 46 heavy (non-hydrogen) atoms. The highest BCUT2D eigenvalue weighted by Crippen LogP contribution is 2.13. The lowest BCUT2D eigenvalue weighted by molar-refractivity contribution is -0.142. The SMILES string of the molecule is CCCCCCCCCCCCNC(=O)C(C(=O)NCCCCCCCCCCCC)C(=O)NCCCCCCCCCCCC. The van der Waals surface area contributed by atoms with Crippen molar-refractivity contribution < 1.29 is 14.4 Å². The molecule has 0 saturated carbocycles. The Morgan fingerprint density at radius 2 is 0.478 bits per heavy atom. The fourth-order valence-electron chi connectivity index (χ4n) is 6.14. The Morgan fingerprint density at radius 3 is 0.674 bits per heavy atom. The molecule has 0 atom stereocenters. The summed E-state index contributed by atoms with van der Waals surface area (Å²) in [4.78, 5) is 39.2. The summed E-state index contributed by atoms with van der Waals surface area (Å²) < 4.78 is 0. The van der Waals surface area contributed by atoms with Crippen molar-refractivity contribution in [3.8, 4) is 0 Å². The molecule has 0 saturated heterocycles. The molecule has 0 aliphatic rings. The van der Waals surface area contributed by atoms with Crippen LogP contribution in [-0.2, 0) is 14.4 Å². The molecule has 0 aromatic rings. The van der Waals surface area contributed by atoms with Gasteiger partial charge in [-0.05, 0) is 19.3 Å². The molecule has 0 aliphatic carbocycles. The van der Waals surface area contributed by atoms with E-state index in [9.17, 15) is 14.4 Å². The molecule has 6 nitrogen and oxygen atoms in total. The molecule has 0 aromatic heterocycles. The van der Waals surface area contributed by atoms with Gasteiger partial charge in [-0.15, -0.1) is 0 Å². The Morgan fingerprint density at radius 1 is 0.304 bits per heavy atom. The molecule has 0 radical (unpaired) electrons. The Balaban J connectivity index is 4.40. The highest BCUT2D eigenvalue weighted by atomic mass is 16.2. The van der Waals surface area contributed by atoms with E-state index in [4.69, 9.17) is 0 Å². The van der Waals surface area contributed by atoms with E-state index in [1.165, 1.54) is 154 Å². The zero-order chi connectivity index (χ0) is 33.8. The summed E-state index contributed by atoms with van der Waals surface area (Å²) in [6.45, 7) is 8.30. The molecule has 0 unspecified atom stereocenters. The van der Waals surface area contributed by atoms with Crippen molar-refractivity contribution in [1.29, 1.82) is 0 Å². The van der Waals surface area contributed by atoms with Gasteiger partial charge in [0.05, 0.1) is 0 Å². The minimum atomic E-state index is -1.31. The summed E-state index contributed by atoms with van der Waals surface area (Å²) in [6.07, 6.45) is 36.9. The predicted octanol–water partition coefficient (Wildman–Crippen LogP) is 10.7. The van der Waals surface area contributed by atoms with Crippen LogP contribution in [0.15, 0.2) is 0 Å². The quantitative estimate of drug-likeness (QED) is 0.0466. The molecular weight excluding hydrogens is 570 g/mol. The third-order valence-corrected chi connectivity index (χ3v) is 9.28. The number of nitrogens with one attached hydrogen (secondary N) is 3. The van der Waals surface area contributed by atoms with Crippen LogP contribution in [0.4, 0.5) is 0 Å². The van der Waals surface area contributed by atoms with E-state index in [-0.39, 0.29) is 0 Å². The molecule has 0 aromatic carbocycles. The second-order valence-corrected chi connectivity index (χ2v) is 13.9. The second-order valence-electron chi connectivity index (χ2n) is 13.9. The van der Waals surface area contributed by atoms with Crippen molar-refractivity contribution in [2.75, 3.05) is 19.6 Å². The van der Waals surface area contributed by atoms with Gasteiger partial charge >= 0.3 is 0 Å². The van der Waals surface area contributed by atoms with Crippen molar-refractivity contribution >= 4 is 17.7 Å². The first kappa shape index (κ1) is 44.4. The highest BCUT2D eigenvalue weighted by molar-refractivity contribution is 6.17. The van der Waals surface area contributed by atoms with Crippen LogP contribution < -0.4 is 16.0 Å². The number of carbonyl (C=O) groups excluding carboxylic acids is 3. The lowest BCUT2D eigenvalue weighted by atomic mass is 10.0. The molecule has 0 rings (SSSR count). The molecular formula is C40H79N3O3. The molecule has 3 amide bonds. The molecule has 0 bridgehead atoms. The van der Waals surface area contributed by atoms with Gasteiger partial charge in [-0.1, -0.05) is 194 Å². The van der Waals surface area contributed by atoms with Gasteiger partial charge in [-0.2, -0.15) is 0 Å². The van der Waals surface area contributed by atoms with Gasteiger partial charge < -0.3 is 16.0 Å². The third kappa shape index (κ3) is 29.8. The van der Waals surface area contributed by atoms with Gasteiger partial charge in [0.1, 0.15) is 0 Å². The number of unbranched alkanes of at least 4 members (excludes halogenated alkanes) is 27. The fraction of sp³-hybridized carbons (Fsp3) is 0.925. The van der Waals surface area contributed by atoms with Gasteiger partial charge in [-0.25, -0.2) is 0 Å². The highest BCUT2D eigenvalue weighted by Gasteiger charge is 2.33. The van der Waals surface area contributed by atoms with Gasteiger partial charge in [-0.3, -0.25) is 14.4 Å². The van der Waals surface area contributed by atoms with Crippen LogP contribution in [0, 0.1) is 5.92 Å². The van der Waals surface area contributed by atoms with Gasteiger partial charge in [0, 0.05) is 19.6 Å². The summed E-state index contributed by atoms with van der Waals surface area (Å²) in [6, 6.07) is 0. The van der Waals surface area contributed by atoms with Crippen molar-refractivity contribution in [3.63, 3.8) is 0 Å². The summed E-state index contributed by atoms with van der Waals surface area (Å²) in [5, 5.41) is 8.68. The molecule has 0 spiro atoms. The zero-order valence-electron chi connectivity index (χ0n) is 31.1. The van der Waals surface area contributed by atoms with Crippen molar-refractivity contribution in [3.05, 3.63) is 0 Å². The molecule has 0 heterocycles. The average molecular weight is 650 g/mol. The minimum absolute atomic E-state index is 0.461. The standard InChI is InChI=1S/C40H79N3O3/c1-4-7-10-13-16-19-22-25-28-31-34-41-38(44)37(39(45)42-35-32-29-26-23-20-17-14-11-8-5-2)40(46)43-36-33-30-27-24-21-18-15-12-9-6-3/h37H,4-36H2,1-3H3,(H,41,44)(H,42,45)(H,43,46). The number of rotatable bonds is 36. The first-order chi connectivity index (χ1) is 22.6. The maximum absolute atomic E-state index is 13.1. The van der Waals surface area contributed by atoms with E-state index < -0.39 is 23.6 Å². The molecule has 272 valence electrons. The van der Waals surface area contributed by atoms with E-state index in [0.29, 0.717) is 19.6 Å². The maximum Gasteiger partial charge on any atom is 0.242 e. The normalized spacial score (nSPS) is 11.2. The van der Waals surface area contributed by atoms with Crippen LogP contribution in [-0.4, -0.2) is 37.4 Å². The average Bonchev–Trinajstić information content (AvgIpc) is 3.05. The van der Waals surface area contributed by atoms with Crippen LogP contribution in [0.25, 0.3) is 0 Å². The van der Waals surface area contributed by atoms with Gasteiger partial charge in [0.25, 0.3) is 0 Å². The van der Waals surface area contributed by atoms with Crippen LogP contribution >= 0.6 is 0 Å². The lowest BCUT2D eigenvalue weighted by Crippen LogP contribution is -2.50. The Labute approximate surface area is 286 Å². The minimum Gasteiger partial charge on any atom is -0.355 e. The summed E-state index contributed by atoms with van der Waals surface area (Å²) in [7, 11) is 0. The summed E-state index contributed by atoms with van der Waals surface area (Å²) >= 11 is 0. The van der Waals surface area contributed by atoms with Crippen LogP contribution in [0.2, 0.25) is 0 Å². The van der Waals surface area contributed by atoms with Crippen LogP contribution in [0.1, 0.15) is 213 Å². The fourth-order valence-corrected chi connectivity index (χ4v) is 6.14. The zero-order valence-corrected chi connectivity index (χ0v) is 31.1. The van der Waals surface area contributed by atoms with Gasteiger partial charge in [0.15, 0.2) is 5.92 Å². The number of amides is 3. The predicted molar refractivity (Wildman–Crippen MR) is 198 cm³/mol. The van der Waals surface area contributed by atoms with Crippen LogP contribution in [0.5, 0.6) is 0 Å². The topological polar surface area (TPSA) is 87.3 Å². The van der Waals surface area contributed by atoms with E-state index in [1.807, 2.05) is 0 Å². The van der Waals surface area contributed by atoms with Crippen LogP contribution in [0.3, 0.4) is 0 Å². The Bertz CT molecular complexity index is 594. The maximum atomic E-state index is 13.1. The molecule has 0 fully saturated rings. The third-order valence-electron chi connectivity index (χ3n) is 9.28. The first-order valence-electron chi connectivity index (χ1n) is 20.4. The smallest absolute Gasteiger partial charge is 0.242 e. The number of carbonyl (C=O) groups is 3. The number of hydrogen-bond donors (Lipinski definition) is 3. The van der Waals surface area contributed by atoms with Crippen molar-refractivity contribution in [2.24, 2.45) is 5.92 Å². The van der Waals surface area contributed by atoms with Crippen molar-refractivity contribution in [2.45, 2.75) is 213 Å². The summed E-state index contributed by atoms with van der Waals surface area (Å²) in [5.41, 5.74) is 0. The Kier molecular flexibility index (Phi) is 35.0. The largest absolute Gasteiger partial charge is 0.355 e. The molecule has 3 N–H and O–H groups in total. The molecule has 0 aliphatic heterocycles. The van der Waals surface area contributed by atoms with E-state index in [2.05, 4.69) is 36.7 Å². The van der Waals surface area contributed by atoms with E-state index in [0.717, 1.165) is 38.5 Å².